The molecule has 0 fully saturated rings. The zero-order chi connectivity index (χ0) is 36.6. The Morgan fingerprint density at radius 3 is 2.37 bits per heavy atom. The Balaban J connectivity index is 1.58. The van der Waals surface area contributed by atoms with Crippen molar-refractivity contribution in [3.05, 3.63) is 89.7 Å². The molecule has 2 heterocycles. The molecule has 13 nitrogen and oxygen atoms in total. The van der Waals surface area contributed by atoms with Gasteiger partial charge in [0.15, 0.2) is 18.1 Å². The number of nitrogens with zero attached hydrogens (tertiary/aromatic N) is 1. The van der Waals surface area contributed by atoms with Crippen LogP contribution >= 0.6 is 0 Å². The molecule has 2 bridgehead atoms. The van der Waals surface area contributed by atoms with E-state index in [0.29, 0.717) is 37.3 Å². The number of carbonyl (C=O) groups is 5. The van der Waals surface area contributed by atoms with Gasteiger partial charge in [0.2, 0.25) is 23.6 Å². The van der Waals surface area contributed by atoms with Crippen molar-refractivity contribution >= 4 is 29.5 Å². The van der Waals surface area contributed by atoms with Gasteiger partial charge in [0.1, 0.15) is 18.1 Å². The summed E-state index contributed by atoms with van der Waals surface area (Å²) in [5.74, 6) is -1.54. The van der Waals surface area contributed by atoms with Crippen molar-refractivity contribution in [3.63, 3.8) is 0 Å². The highest BCUT2D eigenvalue weighted by molar-refractivity contribution is 5.94. The number of benzene rings is 2. The summed E-state index contributed by atoms with van der Waals surface area (Å²) in [4.78, 5) is 70.9. The van der Waals surface area contributed by atoms with Crippen LogP contribution < -0.4 is 36.1 Å². The van der Waals surface area contributed by atoms with E-state index < -0.39 is 35.8 Å². The second kappa shape index (κ2) is 19.7. The summed E-state index contributed by atoms with van der Waals surface area (Å²) >= 11 is 0. The largest absolute Gasteiger partial charge is 0.493 e. The normalized spacial score (nSPS) is 19.9. The Labute approximate surface area is 298 Å². The lowest BCUT2D eigenvalue weighted by Crippen LogP contribution is -2.58. The molecule has 0 spiro atoms. The lowest BCUT2D eigenvalue weighted by molar-refractivity contribution is -0.134. The minimum Gasteiger partial charge on any atom is -0.493 e. The summed E-state index contributed by atoms with van der Waals surface area (Å²) in [5.41, 5.74) is 2.46. The van der Waals surface area contributed by atoms with E-state index in [1.54, 1.807) is 30.6 Å². The average Bonchev–Trinajstić information content (AvgIpc) is 3.12. The summed E-state index contributed by atoms with van der Waals surface area (Å²) in [6, 6.07) is 15.2. The molecule has 13 heteroatoms. The molecule has 272 valence electrons. The average molecular weight is 701 g/mol. The molecule has 0 saturated carbocycles. The van der Waals surface area contributed by atoms with Gasteiger partial charge in [0.05, 0.1) is 13.5 Å². The van der Waals surface area contributed by atoms with Gasteiger partial charge in [-0.25, -0.2) is 0 Å². The van der Waals surface area contributed by atoms with Crippen molar-refractivity contribution < 1.29 is 33.4 Å². The van der Waals surface area contributed by atoms with Crippen LogP contribution in [0.1, 0.15) is 49.8 Å². The van der Waals surface area contributed by atoms with E-state index >= 15 is 0 Å². The molecule has 4 rings (SSSR count). The number of methoxy groups -OCH3 is 1. The second-order valence-corrected chi connectivity index (χ2v) is 12.8. The topological polar surface area (TPSA) is 177 Å². The highest BCUT2D eigenvalue weighted by Crippen LogP contribution is 2.28. The van der Waals surface area contributed by atoms with Gasteiger partial charge in [-0.3, -0.25) is 29.0 Å². The molecule has 51 heavy (non-hydrogen) atoms. The number of fused-ring (bicyclic) bond motifs is 2. The first kappa shape index (κ1) is 38.3. The lowest BCUT2D eigenvalue weighted by atomic mass is 10.00. The van der Waals surface area contributed by atoms with Gasteiger partial charge in [-0.1, -0.05) is 50.2 Å². The van der Waals surface area contributed by atoms with Gasteiger partial charge in [0.25, 0.3) is 5.91 Å². The van der Waals surface area contributed by atoms with Crippen LogP contribution in [0.15, 0.2) is 73.1 Å². The smallest absolute Gasteiger partial charge is 0.257 e. The van der Waals surface area contributed by atoms with E-state index in [4.69, 9.17) is 9.47 Å². The molecule has 1 aromatic heterocycles. The number of amides is 5. The summed E-state index contributed by atoms with van der Waals surface area (Å²) < 4.78 is 11.2. The minimum atomic E-state index is -1.05. The standard InChI is InChI=1S/C38H48N6O7/c1-25(2)35-38(49)41-18-7-11-27-13-14-31(50-3)32(22-27)51-24-34(46)40-17-8-12-29(42-33(45)23-28-15-19-39-20-16-28)36(47)43-30(37(48)44-35)21-26-9-5-4-6-10-26/h4-6,9-10,13-16,19-20,22,25,29-30,35H,7-8,11-12,17-18,21,23-24H2,1-3H3,(H,40,46)(H,41,49)(H,42,45)(H,43,47)(H,44,48)/t29-,30-,35+/m0/s1. The van der Waals surface area contributed by atoms with E-state index in [-0.39, 0.29) is 50.1 Å². The van der Waals surface area contributed by atoms with Crippen molar-refractivity contribution in [2.24, 2.45) is 5.92 Å². The Kier molecular flexibility index (Phi) is 14.8. The summed E-state index contributed by atoms with van der Waals surface area (Å²) in [6.45, 7) is 3.99. The molecule has 3 aromatic rings. The first-order valence-corrected chi connectivity index (χ1v) is 17.3. The molecule has 5 N–H and O–H groups in total. The fraction of sp³-hybridized carbons (Fsp3) is 0.421. The fourth-order valence-corrected chi connectivity index (χ4v) is 5.65. The number of hydrogen-bond acceptors (Lipinski definition) is 8. The Morgan fingerprint density at radius 2 is 1.65 bits per heavy atom. The van der Waals surface area contributed by atoms with Gasteiger partial charge in [-0.05, 0) is 72.6 Å². The van der Waals surface area contributed by atoms with E-state index in [2.05, 4.69) is 31.6 Å². The molecular formula is C38H48N6O7. The summed E-state index contributed by atoms with van der Waals surface area (Å²) in [5, 5.41) is 14.3. The van der Waals surface area contributed by atoms with Crippen LogP contribution in [0, 0.1) is 5.92 Å². The zero-order valence-corrected chi connectivity index (χ0v) is 29.4. The van der Waals surface area contributed by atoms with Gasteiger partial charge < -0.3 is 36.1 Å². The van der Waals surface area contributed by atoms with E-state index in [9.17, 15) is 24.0 Å². The molecule has 0 aliphatic carbocycles. The minimum absolute atomic E-state index is 0.0180. The molecule has 0 radical (unpaired) electrons. The number of ether oxygens (including phenoxy) is 2. The van der Waals surface area contributed by atoms with E-state index in [1.165, 1.54) is 7.11 Å². The first-order valence-electron chi connectivity index (χ1n) is 17.3. The van der Waals surface area contributed by atoms with Crippen LogP contribution in [0.2, 0.25) is 0 Å². The highest BCUT2D eigenvalue weighted by atomic mass is 16.5. The lowest BCUT2D eigenvalue weighted by Gasteiger charge is -2.27. The molecule has 1 aliphatic rings. The predicted octanol–water partition coefficient (Wildman–Crippen LogP) is 2.02. The quantitative estimate of drug-likeness (QED) is 0.249. The zero-order valence-electron chi connectivity index (χ0n) is 29.4. The Hall–Kier alpha value is -5.46. The SMILES string of the molecule is COc1ccc2cc1OCC(=O)NCCC[C@H](NC(=O)Cc1ccncc1)C(=O)N[C@@H](Cc1ccccc1)C(=O)N[C@H](C(C)C)C(=O)NCCC2. The fourth-order valence-electron chi connectivity index (χ4n) is 5.65. The summed E-state index contributed by atoms with van der Waals surface area (Å²) in [6.07, 6.45) is 5.07. The molecule has 0 unspecified atom stereocenters. The third-order valence-corrected chi connectivity index (χ3v) is 8.45. The van der Waals surface area contributed by atoms with E-state index in [1.807, 2.05) is 56.3 Å². The van der Waals surface area contributed by atoms with Crippen molar-refractivity contribution in [1.82, 2.24) is 31.6 Å². The Morgan fingerprint density at radius 1 is 0.902 bits per heavy atom. The van der Waals surface area contributed by atoms with E-state index in [0.717, 1.165) is 16.7 Å². The molecule has 5 amide bonds. The number of hydrogen-bond donors (Lipinski definition) is 5. The maximum atomic E-state index is 13.9. The van der Waals surface area contributed by atoms with Gasteiger partial charge in [-0.15, -0.1) is 0 Å². The van der Waals surface area contributed by atoms with Crippen molar-refractivity contribution in [2.75, 3.05) is 26.8 Å². The molecule has 0 saturated heterocycles. The monoisotopic (exact) mass is 700 g/mol. The molecular weight excluding hydrogens is 652 g/mol. The number of pyridine rings is 1. The van der Waals surface area contributed by atoms with Crippen LogP contribution in [0.4, 0.5) is 0 Å². The van der Waals surface area contributed by atoms with Crippen LogP contribution in [-0.2, 0) is 43.2 Å². The number of aromatic nitrogens is 1. The Bertz CT molecular complexity index is 1620. The third kappa shape index (κ3) is 12.4. The van der Waals surface area contributed by atoms with Crippen LogP contribution in [-0.4, -0.2) is 79.5 Å². The second-order valence-electron chi connectivity index (χ2n) is 12.8. The van der Waals surface area contributed by atoms with Crippen molar-refractivity contribution in [2.45, 2.75) is 70.5 Å². The van der Waals surface area contributed by atoms with Gasteiger partial charge in [-0.2, -0.15) is 0 Å². The number of nitrogens with one attached hydrogen (secondary N) is 5. The van der Waals surface area contributed by atoms with Crippen molar-refractivity contribution in [3.8, 4) is 11.5 Å². The van der Waals surface area contributed by atoms with Gasteiger partial charge in [0, 0.05) is 31.9 Å². The number of aryl methyl sites for hydroxylation is 1. The van der Waals surface area contributed by atoms with Crippen LogP contribution in [0.3, 0.4) is 0 Å². The highest BCUT2D eigenvalue weighted by Gasteiger charge is 2.31. The van der Waals surface area contributed by atoms with Crippen LogP contribution in [0.5, 0.6) is 11.5 Å². The predicted molar refractivity (Wildman–Crippen MR) is 191 cm³/mol. The van der Waals surface area contributed by atoms with Crippen molar-refractivity contribution in [1.29, 1.82) is 0 Å². The third-order valence-electron chi connectivity index (χ3n) is 8.45. The number of rotatable bonds is 7. The first-order chi connectivity index (χ1) is 24.6. The summed E-state index contributed by atoms with van der Waals surface area (Å²) in [7, 11) is 1.52. The number of carbonyl (C=O) groups excluding carboxylic acids is 5. The molecule has 3 atom stereocenters. The maximum Gasteiger partial charge on any atom is 0.257 e. The van der Waals surface area contributed by atoms with Crippen LogP contribution in [0.25, 0.3) is 0 Å². The molecule has 1 aliphatic heterocycles. The van der Waals surface area contributed by atoms with Gasteiger partial charge >= 0.3 is 0 Å². The molecule has 2 aromatic carbocycles. The maximum absolute atomic E-state index is 13.9.